The van der Waals surface area contributed by atoms with Crippen LogP contribution in [0.3, 0.4) is 0 Å². The maximum Gasteiger partial charge on any atom is 0.306 e. The molecule has 0 aromatic rings. The van der Waals surface area contributed by atoms with Gasteiger partial charge in [-0.2, -0.15) is 0 Å². The number of esters is 1. The van der Waals surface area contributed by atoms with E-state index in [-0.39, 0.29) is 18.9 Å². The summed E-state index contributed by atoms with van der Waals surface area (Å²) in [5.74, 6) is -0.614. The van der Waals surface area contributed by atoms with Crippen LogP contribution in [-0.4, -0.2) is 69.4 Å². The zero-order valence-corrected chi connectivity index (χ0v) is 50.9. The van der Waals surface area contributed by atoms with Gasteiger partial charge in [-0.25, -0.2) is 0 Å². The molecule has 0 aromatic carbocycles. The first-order chi connectivity index (χ1) is 36.4. The SMILES string of the molecule is CCCCC/C=C\C/C=C\CCCCCCCCCCCCCCCC(=O)NC(COP(=O)([O-])OCC[N+](C)(C)C)C(/C=C\CCCCCCCCCCCCC)OC(=O)CC/C=C/C/C=C\CCCCCCCC. The molecule has 0 bridgehead atoms. The van der Waals surface area contributed by atoms with Crippen LogP contribution >= 0.6 is 7.82 Å². The Morgan fingerprint density at radius 2 is 0.827 bits per heavy atom. The minimum atomic E-state index is -4.71. The van der Waals surface area contributed by atoms with Crippen LogP contribution in [0.15, 0.2) is 60.8 Å². The third-order valence-corrected chi connectivity index (χ3v) is 14.9. The molecule has 0 fully saturated rings. The summed E-state index contributed by atoms with van der Waals surface area (Å²) in [6.07, 6.45) is 69.2. The zero-order chi connectivity index (χ0) is 55.0. The number of carbonyl (C=O) groups is 2. The van der Waals surface area contributed by atoms with Gasteiger partial charge in [-0.15, -0.1) is 0 Å². The number of unbranched alkanes of at least 4 members (excludes halogenated alkanes) is 33. The van der Waals surface area contributed by atoms with Crippen LogP contribution in [0.25, 0.3) is 0 Å². The van der Waals surface area contributed by atoms with E-state index < -0.39 is 32.5 Å². The van der Waals surface area contributed by atoms with Crippen molar-refractivity contribution in [1.82, 2.24) is 5.32 Å². The number of phosphoric acid groups is 1. The molecule has 9 nitrogen and oxygen atoms in total. The Kier molecular flexibility index (Phi) is 53.4. The lowest BCUT2D eigenvalue weighted by Crippen LogP contribution is -2.47. The Balaban J connectivity index is 5.21. The van der Waals surface area contributed by atoms with Gasteiger partial charge in [0.2, 0.25) is 5.91 Å². The predicted molar refractivity (Wildman–Crippen MR) is 321 cm³/mol. The van der Waals surface area contributed by atoms with E-state index in [1.165, 1.54) is 193 Å². The first-order valence-corrected chi connectivity index (χ1v) is 33.1. The van der Waals surface area contributed by atoms with Crippen molar-refractivity contribution in [1.29, 1.82) is 0 Å². The lowest BCUT2D eigenvalue weighted by Gasteiger charge is -2.30. The van der Waals surface area contributed by atoms with Gasteiger partial charge in [0.1, 0.15) is 19.3 Å². The van der Waals surface area contributed by atoms with Crippen LogP contribution in [0.2, 0.25) is 0 Å². The van der Waals surface area contributed by atoms with E-state index in [4.69, 9.17) is 13.8 Å². The molecule has 1 amide bonds. The number of nitrogens with zero attached hydrogens (tertiary/aromatic N) is 1. The van der Waals surface area contributed by atoms with Gasteiger partial charge < -0.3 is 28.5 Å². The van der Waals surface area contributed by atoms with Crippen LogP contribution in [-0.2, 0) is 27.9 Å². The molecule has 0 rings (SSSR count). The summed E-state index contributed by atoms with van der Waals surface area (Å²) < 4.78 is 30.2. The minimum Gasteiger partial charge on any atom is -0.756 e. The highest BCUT2D eigenvalue weighted by molar-refractivity contribution is 7.45. The second-order valence-corrected chi connectivity index (χ2v) is 24.0. The standard InChI is InChI=1S/C65H121N2O7P/c1-7-10-13-16-19-22-25-28-29-30-31-32-33-34-35-36-37-40-42-45-48-51-54-57-64(68)66-62(61-73-75(70,71)72-60-59-67(4,5)6)63(56-53-50-47-44-41-38-26-23-20-17-14-11-8-2)74-65(69)58-55-52-49-46-43-39-27-24-21-18-15-12-9-3/h19,22,28-29,39,43,49,52-53,56,62-63H,7-18,20-21,23-27,30-38,40-42,44-48,50-51,54-55,57-61H2,1-6H3,(H-,66,68,70,71)/b22-19-,29-28-,43-39-,52-49+,56-53-. The maximum absolute atomic E-state index is 13.5. The summed E-state index contributed by atoms with van der Waals surface area (Å²) in [5, 5.41) is 3.02. The van der Waals surface area contributed by atoms with Crippen LogP contribution in [0, 0.1) is 0 Å². The average Bonchev–Trinajstić information content (AvgIpc) is 3.37. The highest BCUT2D eigenvalue weighted by atomic mass is 31.2. The number of hydrogen-bond donors (Lipinski definition) is 1. The summed E-state index contributed by atoms with van der Waals surface area (Å²) in [4.78, 5) is 39.9. The van der Waals surface area contributed by atoms with Crippen molar-refractivity contribution >= 4 is 19.7 Å². The molecular weight excluding hydrogens is 952 g/mol. The van der Waals surface area contributed by atoms with Gasteiger partial charge in [-0.1, -0.05) is 255 Å². The Bertz CT molecular complexity index is 1470. The first kappa shape index (κ1) is 72.7. The van der Waals surface area contributed by atoms with Gasteiger partial charge in [0, 0.05) is 12.8 Å². The molecule has 438 valence electrons. The Morgan fingerprint density at radius 1 is 0.467 bits per heavy atom. The van der Waals surface area contributed by atoms with Crippen molar-refractivity contribution < 1.29 is 37.3 Å². The molecule has 0 aliphatic carbocycles. The molecule has 3 atom stereocenters. The normalized spacial score (nSPS) is 14.1. The van der Waals surface area contributed by atoms with Gasteiger partial charge in [0.15, 0.2) is 0 Å². The molecule has 0 spiro atoms. The Labute approximate surface area is 464 Å². The van der Waals surface area contributed by atoms with Crippen molar-refractivity contribution in [3.05, 3.63) is 60.8 Å². The summed E-state index contributed by atoms with van der Waals surface area (Å²) in [7, 11) is 1.16. The molecule has 0 heterocycles. The van der Waals surface area contributed by atoms with Crippen LogP contribution in [0.1, 0.15) is 290 Å². The number of rotatable bonds is 57. The number of allylic oxidation sites excluding steroid dienone is 9. The topological polar surface area (TPSA) is 114 Å². The van der Waals surface area contributed by atoms with Gasteiger partial charge >= 0.3 is 5.97 Å². The van der Waals surface area contributed by atoms with Gasteiger partial charge in [-0.3, -0.25) is 14.2 Å². The fourth-order valence-corrected chi connectivity index (χ4v) is 9.74. The van der Waals surface area contributed by atoms with Crippen LogP contribution < -0.4 is 10.2 Å². The van der Waals surface area contributed by atoms with Gasteiger partial charge in [0.05, 0.1) is 33.8 Å². The summed E-state index contributed by atoms with van der Waals surface area (Å²) in [6.45, 7) is 6.79. The van der Waals surface area contributed by atoms with Crippen molar-refractivity contribution in [3.63, 3.8) is 0 Å². The molecule has 1 N–H and O–H groups in total. The largest absolute Gasteiger partial charge is 0.756 e. The highest BCUT2D eigenvalue weighted by Crippen LogP contribution is 2.38. The van der Waals surface area contributed by atoms with Gasteiger partial charge in [-0.05, 0) is 83.1 Å². The third kappa shape index (κ3) is 56.2. The minimum absolute atomic E-state index is 0.0302. The molecule has 0 aliphatic rings. The van der Waals surface area contributed by atoms with E-state index in [1.807, 2.05) is 39.4 Å². The summed E-state index contributed by atoms with van der Waals surface area (Å²) in [5.41, 5.74) is 0. The van der Waals surface area contributed by atoms with Gasteiger partial charge in [0.25, 0.3) is 7.82 Å². The van der Waals surface area contributed by atoms with Crippen molar-refractivity contribution in [3.8, 4) is 0 Å². The zero-order valence-electron chi connectivity index (χ0n) is 50.0. The fourth-order valence-electron chi connectivity index (χ4n) is 9.02. The first-order valence-electron chi connectivity index (χ1n) is 31.6. The number of nitrogens with one attached hydrogen (secondary N) is 1. The molecule has 3 unspecified atom stereocenters. The van der Waals surface area contributed by atoms with Crippen molar-refractivity contribution in [2.75, 3.05) is 40.9 Å². The number of amides is 1. The molecule has 0 radical (unpaired) electrons. The Morgan fingerprint density at radius 3 is 1.25 bits per heavy atom. The number of quaternary nitrogens is 1. The lowest BCUT2D eigenvalue weighted by atomic mass is 10.0. The predicted octanol–water partition coefficient (Wildman–Crippen LogP) is 18.8. The third-order valence-electron chi connectivity index (χ3n) is 13.9. The van der Waals surface area contributed by atoms with E-state index in [1.54, 1.807) is 0 Å². The van der Waals surface area contributed by atoms with E-state index >= 15 is 0 Å². The molecule has 0 aliphatic heterocycles. The monoisotopic (exact) mass is 1070 g/mol. The van der Waals surface area contributed by atoms with Crippen LogP contribution in [0.5, 0.6) is 0 Å². The lowest BCUT2D eigenvalue weighted by molar-refractivity contribution is -0.870. The molecule has 0 aromatic heterocycles. The maximum atomic E-state index is 13.5. The second-order valence-electron chi connectivity index (χ2n) is 22.6. The molecule has 75 heavy (non-hydrogen) atoms. The Hall–Kier alpha value is -2.29. The smallest absolute Gasteiger partial charge is 0.306 e. The average molecular weight is 1070 g/mol. The second kappa shape index (κ2) is 55.0. The number of likely N-dealkylation sites (N-methyl/N-ethyl adjacent to an activating group) is 1. The molecule has 0 saturated heterocycles. The number of ether oxygens (including phenoxy) is 1. The van der Waals surface area contributed by atoms with Crippen molar-refractivity contribution in [2.45, 2.75) is 303 Å². The highest BCUT2D eigenvalue weighted by Gasteiger charge is 2.27. The number of phosphoric ester groups is 1. The van der Waals surface area contributed by atoms with E-state index in [2.05, 4.69) is 68.6 Å². The van der Waals surface area contributed by atoms with E-state index in [0.29, 0.717) is 23.9 Å². The molecule has 10 heteroatoms. The fraction of sp³-hybridized carbons (Fsp3) is 0.815. The van der Waals surface area contributed by atoms with Crippen molar-refractivity contribution in [2.24, 2.45) is 0 Å². The van der Waals surface area contributed by atoms with Crippen LogP contribution in [0.4, 0.5) is 0 Å². The molecular formula is C65H121N2O7P. The quantitative estimate of drug-likeness (QED) is 0.0212. The van der Waals surface area contributed by atoms with E-state index in [9.17, 15) is 19.0 Å². The molecule has 0 saturated carbocycles. The van der Waals surface area contributed by atoms with E-state index in [0.717, 1.165) is 57.8 Å². The summed E-state index contributed by atoms with van der Waals surface area (Å²) >= 11 is 0. The number of hydrogen-bond acceptors (Lipinski definition) is 7. The number of carbonyl (C=O) groups excluding carboxylic acids is 2. The summed E-state index contributed by atoms with van der Waals surface area (Å²) in [6, 6.07) is -0.911.